The Morgan fingerprint density at radius 3 is 2.54 bits per heavy atom. The summed E-state index contributed by atoms with van der Waals surface area (Å²) in [5, 5.41) is 28.5. The molecule has 1 heterocycles. The Labute approximate surface area is 74.8 Å². The van der Waals surface area contributed by atoms with E-state index >= 15 is 0 Å². The van der Waals surface area contributed by atoms with Crippen LogP contribution in [0.3, 0.4) is 0 Å². The second kappa shape index (κ2) is 2.01. The van der Waals surface area contributed by atoms with Gasteiger partial charge in [-0.05, 0) is 18.8 Å². The number of fused-ring (bicyclic) bond motifs is 5. The van der Waals surface area contributed by atoms with Gasteiger partial charge in [0.25, 0.3) is 0 Å². The smallest absolute Gasteiger partial charge is 0.195 e. The zero-order chi connectivity index (χ0) is 9.16. The molecular weight excluding hydrogens is 170 g/mol. The molecule has 1 aromatic heterocycles. The van der Waals surface area contributed by atoms with E-state index in [0.717, 1.165) is 17.5 Å². The van der Waals surface area contributed by atoms with Crippen LogP contribution < -0.4 is 0 Å². The van der Waals surface area contributed by atoms with E-state index in [2.05, 4.69) is 4.98 Å². The molecule has 1 aromatic rings. The van der Waals surface area contributed by atoms with Gasteiger partial charge in [-0.1, -0.05) is 0 Å². The first kappa shape index (κ1) is 7.26. The number of H-pyrrole nitrogens is 1. The molecule has 1 fully saturated rings. The van der Waals surface area contributed by atoms with E-state index in [-0.39, 0.29) is 29.7 Å². The Hall–Kier alpha value is -1.16. The highest BCUT2D eigenvalue weighted by molar-refractivity contribution is 5.54. The molecule has 4 nitrogen and oxygen atoms in total. The van der Waals surface area contributed by atoms with Crippen LogP contribution in [-0.2, 0) is 0 Å². The van der Waals surface area contributed by atoms with Gasteiger partial charge in [0.05, 0.1) is 6.10 Å². The van der Waals surface area contributed by atoms with E-state index in [1.165, 1.54) is 0 Å². The monoisotopic (exact) mass is 181 g/mol. The Bertz CT molecular complexity index is 371. The number of aliphatic hydroxyl groups is 1. The molecule has 0 saturated heterocycles. The fourth-order valence-corrected chi connectivity index (χ4v) is 2.85. The summed E-state index contributed by atoms with van der Waals surface area (Å²) in [6.45, 7) is 0. The van der Waals surface area contributed by atoms with Crippen molar-refractivity contribution in [1.29, 1.82) is 0 Å². The van der Waals surface area contributed by atoms with E-state index in [0.29, 0.717) is 6.42 Å². The molecule has 1 saturated carbocycles. The van der Waals surface area contributed by atoms with Crippen LogP contribution >= 0.6 is 0 Å². The number of hydrogen-bond donors (Lipinski definition) is 4. The summed E-state index contributed by atoms with van der Waals surface area (Å²) in [6, 6.07) is 0. The second-order valence-corrected chi connectivity index (χ2v) is 3.99. The Kier molecular flexibility index (Phi) is 1.12. The quantitative estimate of drug-likeness (QED) is 0.477. The van der Waals surface area contributed by atoms with Gasteiger partial charge in [-0.3, -0.25) is 4.98 Å². The minimum Gasteiger partial charge on any atom is -0.494 e. The van der Waals surface area contributed by atoms with Crippen molar-refractivity contribution in [3.05, 3.63) is 11.1 Å². The molecule has 2 aliphatic rings. The van der Waals surface area contributed by atoms with E-state index in [4.69, 9.17) is 0 Å². The minimum absolute atomic E-state index is 0.0251. The third-order valence-corrected chi connectivity index (χ3v) is 3.35. The molecule has 2 bridgehead atoms. The first-order valence-corrected chi connectivity index (χ1v) is 4.50. The maximum absolute atomic E-state index is 9.59. The van der Waals surface area contributed by atoms with Crippen LogP contribution in [0.15, 0.2) is 0 Å². The first-order chi connectivity index (χ1) is 6.18. The average molecular weight is 181 g/mol. The maximum Gasteiger partial charge on any atom is 0.195 e. The summed E-state index contributed by atoms with van der Waals surface area (Å²) < 4.78 is 0. The topological polar surface area (TPSA) is 76.5 Å². The number of aromatic hydroxyl groups is 2. The number of aromatic amines is 1. The van der Waals surface area contributed by atoms with Gasteiger partial charge < -0.3 is 15.3 Å². The van der Waals surface area contributed by atoms with E-state index in [1.54, 1.807) is 0 Å². The molecule has 3 atom stereocenters. The molecule has 0 unspecified atom stereocenters. The van der Waals surface area contributed by atoms with E-state index in [1.807, 2.05) is 0 Å². The number of aromatic nitrogens is 1. The van der Waals surface area contributed by atoms with Crippen molar-refractivity contribution >= 4 is 0 Å². The molecule has 0 aliphatic heterocycles. The lowest BCUT2D eigenvalue weighted by molar-refractivity contribution is 0.157. The van der Waals surface area contributed by atoms with Crippen molar-refractivity contribution < 1.29 is 15.3 Å². The maximum atomic E-state index is 9.59. The Morgan fingerprint density at radius 2 is 1.77 bits per heavy atom. The van der Waals surface area contributed by atoms with Crippen molar-refractivity contribution in [2.24, 2.45) is 0 Å². The third kappa shape index (κ3) is 0.698. The summed E-state index contributed by atoms with van der Waals surface area (Å²) in [6.07, 6.45) is 1.23. The summed E-state index contributed by atoms with van der Waals surface area (Å²) in [5.74, 6) is 0.356. The van der Waals surface area contributed by atoms with Crippen LogP contribution in [0.2, 0.25) is 0 Å². The molecule has 0 aromatic carbocycles. The molecule has 3 rings (SSSR count). The normalized spacial score (nSPS) is 35.3. The van der Waals surface area contributed by atoms with Crippen molar-refractivity contribution in [3.63, 3.8) is 0 Å². The predicted molar refractivity (Wildman–Crippen MR) is 44.8 cm³/mol. The summed E-state index contributed by atoms with van der Waals surface area (Å²) in [5.41, 5.74) is 1.56. The minimum atomic E-state index is -0.349. The second-order valence-electron chi connectivity index (χ2n) is 3.99. The van der Waals surface area contributed by atoms with Crippen LogP contribution in [0.5, 0.6) is 11.8 Å². The first-order valence-electron chi connectivity index (χ1n) is 4.50. The zero-order valence-corrected chi connectivity index (χ0v) is 6.99. The van der Waals surface area contributed by atoms with Crippen molar-refractivity contribution in [2.45, 2.75) is 30.8 Å². The number of hydrogen-bond acceptors (Lipinski definition) is 3. The summed E-state index contributed by atoms with van der Waals surface area (Å²) >= 11 is 0. The molecule has 4 heteroatoms. The fraction of sp³-hybridized carbons (Fsp3) is 0.556. The summed E-state index contributed by atoms with van der Waals surface area (Å²) in [4.78, 5) is 2.50. The lowest BCUT2D eigenvalue weighted by Gasteiger charge is -2.16. The van der Waals surface area contributed by atoms with E-state index < -0.39 is 0 Å². The van der Waals surface area contributed by atoms with Crippen LogP contribution in [0.25, 0.3) is 0 Å². The van der Waals surface area contributed by atoms with E-state index in [9.17, 15) is 15.3 Å². The number of nitrogens with one attached hydrogen (secondary N) is 1. The third-order valence-electron chi connectivity index (χ3n) is 3.35. The van der Waals surface area contributed by atoms with Gasteiger partial charge in [-0.2, -0.15) is 0 Å². The van der Waals surface area contributed by atoms with Gasteiger partial charge in [-0.15, -0.1) is 0 Å². The van der Waals surface area contributed by atoms with Gasteiger partial charge in [0.2, 0.25) is 0 Å². The SMILES string of the molecule is Oc1[nH]c(O)c2c1[C@@H]1C[C@H]2[C@@H](O)C1. The van der Waals surface area contributed by atoms with Crippen LogP contribution in [0.1, 0.15) is 35.8 Å². The highest BCUT2D eigenvalue weighted by atomic mass is 16.3. The van der Waals surface area contributed by atoms with Crippen LogP contribution in [0.4, 0.5) is 0 Å². The molecular formula is C9H11NO3. The van der Waals surface area contributed by atoms with Crippen LogP contribution in [-0.4, -0.2) is 26.4 Å². The number of rotatable bonds is 0. The number of aliphatic hydroxyl groups excluding tert-OH is 1. The van der Waals surface area contributed by atoms with Gasteiger partial charge in [-0.25, -0.2) is 0 Å². The van der Waals surface area contributed by atoms with Gasteiger partial charge in [0.1, 0.15) is 0 Å². The largest absolute Gasteiger partial charge is 0.494 e. The standard InChI is InChI=1S/C9H11NO3/c11-5-2-3-1-4(5)7-6(3)8(12)10-9(7)13/h3-5,10-13H,1-2H2/t3-,4+,5+/m1/s1. The fourth-order valence-electron chi connectivity index (χ4n) is 2.85. The van der Waals surface area contributed by atoms with Crippen molar-refractivity contribution in [3.8, 4) is 11.8 Å². The average Bonchev–Trinajstić information content (AvgIpc) is 2.64. The molecule has 2 aliphatic carbocycles. The highest BCUT2D eigenvalue weighted by Crippen LogP contribution is 2.58. The molecule has 70 valence electrons. The molecule has 13 heavy (non-hydrogen) atoms. The van der Waals surface area contributed by atoms with Gasteiger partial charge in [0.15, 0.2) is 11.8 Å². The molecule has 0 amide bonds. The Balaban J connectivity index is 2.23. The Morgan fingerprint density at radius 1 is 1.08 bits per heavy atom. The van der Waals surface area contributed by atoms with Crippen molar-refractivity contribution in [2.75, 3.05) is 0 Å². The molecule has 0 spiro atoms. The predicted octanol–water partition coefficient (Wildman–Crippen LogP) is 0.761. The zero-order valence-electron chi connectivity index (χ0n) is 6.99. The van der Waals surface area contributed by atoms with Crippen molar-refractivity contribution in [1.82, 2.24) is 4.98 Å². The van der Waals surface area contributed by atoms with Crippen LogP contribution in [0, 0.1) is 0 Å². The molecule has 4 N–H and O–H groups in total. The molecule has 0 radical (unpaired) electrons. The van der Waals surface area contributed by atoms with Gasteiger partial charge >= 0.3 is 0 Å². The lowest BCUT2D eigenvalue weighted by Crippen LogP contribution is -2.13. The highest BCUT2D eigenvalue weighted by Gasteiger charge is 2.47. The van der Waals surface area contributed by atoms with Gasteiger partial charge in [0, 0.05) is 17.0 Å². The lowest BCUT2D eigenvalue weighted by atomic mass is 9.93. The summed E-state index contributed by atoms with van der Waals surface area (Å²) in [7, 11) is 0.